The topological polar surface area (TPSA) is 181 Å². The van der Waals surface area contributed by atoms with Crippen LogP contribution in [-0.2, 0) is 57.4 Å². The molecule has 0 aromatic heterocycles. The van der Waals surface area contributed by atoms with Crippen LogP contribution >= 0.6 is 0 Å². The van der Waals surface area contributed by atoms with Gasteiger partial charge in [0.1, 0.15) is 0 Å². The zero-order chi connectivity index (χ0) is 37.3. The van der Waals surface area contributed by atoms with Crippen molar-refractivity contribution in [1.29, 1.82) is 0 Å². The summed E-state index contributed by atoms with van der Waals surface area (Å²) in [4.78, 5) is 102. The van der Waals surface area contributed by atoms with Crippen molar-refractivity contribution in [1.82, 2.24) is 0 Å². The molecule has 0 spiro atoms. The van der Waals surface area contributed by atoms with E-state index in [0.29, 0.717) is 0 Å². The van der Waals surface area contributed by atoms with Gasteiger partial charge in [-0.3, -0.25) is 28.8 Å². The average molecular weight is 782 g/mol. The number of ether oxygens (including phenoxy) is 3. The van der Waals surface area contributed by atoms with Gasteiger partial charge in [-0.1, -0.05) is 62.3 Å². The number of ketones is 3. The van der Waals surface area contributed by atoms with Gasteiger partial charge in [-0.25, -0.2) is 14.4 Å². The molecule has 0 unspecified atom stereocenters. The zero-order valence-corrected chi connectivity index (χ0v) is 34.6. The van der Waals surface area contributed by atoms with E-state index < -0.39 is 85.7 Å². The maximum atomic E-state index is 11.4. The Labute approximate surface area is 301 Å². The van der Waals surface area contributed by atoms with Crippen molar-refractivity contribution in [2.24, 2.45) is 32.5 Å². The molecule has 0 N–H and O–H groups in total. The van der Waals surface area contributed by atoms with Gasteiger partial charge in [-0.2, -0.15) is 0 Å². The van der Waals surface area contributed by atoms with Crippen LogP contribution in [0, 0.1) is 68.1 Å². The van der Waals surface area contributed by atoms with Crippen molar-refractivity contribution in [3.63, 3.8) is 0 Å². The summed E-state index contributed by atoms with van der Waals surface area (Å²) in [6.45, 7) is 28.9. The van der Waals surface area contributed by atoms with E-state index in [1.54, 1.807) is 125 Å². The Morgan fingerprint density at radius 2 is 0.413 bits per heavy atom. The molecule has 12 nitrogen and oxygen atoms in total. The quantitative estimate of drug-likeness (QED) is 0.159. The SMILES string of the molecule is CC(C)(C)C(=O)OC(=O)C(=O)C(C)(C)C.CC(C)(C)C(=O)OC(=O)C(=O)C(C)(C)C.CC(C)(C)C(=O)OC(=O)C(=O)C(C)(C)C.[La]. The summed E-state index contributed by atoms with van der Waals surface area (Å²) in [5.41, 5.74) is -4.82. The van der Waals surface area contributed by atoms with Gasteiger partial charge < -0.3 is 14.2 Å². The van der Waals surface area contributed by atoms with Crippen molar-refractivity contribution in [2.45, 2.75) is 125 Å². The van der Waals surface area contributed by atoms with Crippen molar-refractivity contribution in [2.75, 3.05) is 0 Å². The first-order valence-corrected chi connectivity index (χ1v) is 14.3. The van der Waals surface area contributed by atoms with Crippen LogP contribution in [0.5, 0.6) is 0 Å². The number of carbonyl (C=O) groups is 9. The Bertz CT molecular complexity index is 1020. The third-order valence-corrected chi connectivity index (χ3v) is 4.99. The predicted octanol–water partition coefficient (Wildman–Crippen LogP) is 5.15. The maximum absolute atomic E-state index is 11.4. The molecule has 46 heavy (non-hydrogen) atoms. The number of rotatable bonds is 3. The van der Waals surface area contributed by atoms with E-state index >= 15 is 0 Å². The molecule has 0 atom stereocenters. The van der Waals surface area contributed by atoms with Gasteiger partial charge in [-0.15, -0.1) is 0 Å². The zero-order valence-electron chi connectivity index (χ0n) is 31.0. The summed E-state index contributed by atoms with van der Waals surface area (Å²) in [5, 5.41) is 0. The molecule has 0 saturated heterocycles. The summed E-state index contributed by atoms with van der Waals surface area (Å²) in [6, 6.07) is 0. The van der Waals surface area contributed by atoms with Gasteiger partial charge in [0.2, 0.25) is 17.3 Å². The summed E-state index contributed by atoms with van der Waals surface area (Å²) in [6.07, 6.45) is 0. The van der Waals surface area contributed by atoms with Gasteiger partial charge in [0.25, 0.3) is 0 Å². The fourth-order valence-electron chi connectivity index (χ4n) is 1.77. The molecule has 0 rings (SSSR count). The molecule has 0 aromatic carbocycles. The molecular weight excluding hydrogens is 727 g/mol. The predicted molar refractivity (Wildman–Crippen MR) is 165 cm³/mol. The van der Waals surface area contributed by atoms with E-state index in [2.05, 4.69) is 14.2 Å². The standard InChI is InChI=1S/3C11H18O4.La/c3*1-10(2,3)7(12)8(13)15-9(14)11(4,5)6;/h3*1-6H3;. The molecule has 0 amide bonds. The second-order valence-electron chi connectivity index (χ2n) is 16.5. The minimum atomic E-state index is -1.08. The second-order valence-corrected chi connectivity index (χ2v) is 16.5. The third kappa shape index (κ3) is 20.7. The maximum Gasteiger partial charge on any atom is 0.382 e. The minimum absolute atomic E-state index is 0. The third-order valence-electron chi connectivity index (χ3n) is 4.99. The fraction of sp³-hybridized carbons (Fsp3) is 0.727. The Kier molecular flexibility index (Phi) is 20.0. The van der Waals surface area contributed by atoms with E-state index in [4.69, 9.17) is 0 Å². The average Bonchev–Trinajstić information content (AvgIpc) is 2.79. The summed E-state index contributed by atoms with van der Waals surface area (Å²) in [7, 11) is 0. The molecule has 0 aromatic rings. The van der Waals surface area contributed by atoms with Gasteiger partial charge >= 0.3 is 35.8 Å². The smallest absolute Gasteiger partial charge is 0.382 e. The molecule has 0 aliphatic rings. The van der Waals surface area contributed by atoms with E-state index in [1.165, 1.54) is 0 Å². The number of Topliss-reactive ketones (excluding diaryl/α,β-unsaturated/α-hetero) is 3. The monoisotopic (exact) mass is 781 g/mol. The number of carbonyl (C=O) groups excluding carboxylic acids is 9. The van der Waals surface area contributed by atoms with Crippen molar-refractivity contribution in [3.8, 4) is 0 Å². The Hall–Kier alpha value is -2.38. The first-order valence-electron chi connectivity index (χ1n) is 14.3. The molecule has 0 fully saturated rings. The van der Waals surface area contributed by atoms with Crippen LogP contribution in [-0.4, -0.2) is 53.2 Å². The van der Waals surface area contributed by atoms with E-state index in [9.17, 15) is 43.2 Å². The number of esters is 6. The summed E-state index contributed by atoms with van der Waals surface area (Å²) < 4.78 is 13.4. The first-order chi connectivity index (χ1) is 19.4. The number of hydrogen-bond donors (Lipinski definition) is 0. The molecule has 1 radical (unpaired) electrons. The van der Waals surface area contributed by atoms with Gasteiger partial charge in [0.15, 0.2) is 0 Å². The van der Waals surface area contributed by atoms with Crippen molar-refractivity contribution >= 4 is 53.2 Å². The van der Waals surface area contributed by atoms with Crippen LogP contribution in [0.1, 0.15) is 125 Å². The second kappa shape index (κ2) is 18.2. The molecule has 0 aliphatic heterocycles. The van der Waals surface area contributed by atoms with Crippen LogP contribution < -0.4 is 0 Å². The van der Waals surface area contributed by atoms with E-state index in [0.717, 1.165) is 0 Å². The summed E-state index contributed by atoms with van der Waals surface area (Å²) >= 11 is 0. The van der Waals surface area contributed by atoms with E-state index in [-0.39, 0.29) is 35.6 Å². The van der Waals surface area contributed by atoms with Crippen LogP contribution in [0.3, 0.4) is 0 Å². The van der Waals surface area contributed by atoms with Crippen LogP contribution in [0.4, 0.5) is 0 Å². The molecule has 13 heteroatoms. The Morgan fingerprint density at radius 3 is 0.500 bits per heavy atom. The summed E-state index contributed by atoms with van der Waals surface area (Å²) in [5.74, 6) is -7.40. The van der Waals surface area contributed by atoms with Crippen molar-refractivity contribution in [3.05, 3.63) is 0 Å². The molecule has 0 saturated carbocycles. The van der Waals surface area contributed by atoms with E-state index in [1.807, 2.05) is 0 Å². The van der Waals surface area contributed by atoms with Gasteiger partial charge in [0, 0.05) is 51.8 Å². The molecule has 0 aliphatic carbocycles. The Morgan fingerprint density at radius 1 is 0.283 bits per heavy atom. The molecule has 261 valence electrons. The molecule has 0 heterocycles. The van der Waals surface area contributed by atoms with Crippen LogP contribution in [0.2, 0.25) is 0 Å². The molecular formula is C33H54LaO12. The van der Waals surface area contributed by atoms with Gasteiger partial charge in [-0.05, 0) is 62.3 Å². The number of hydrogen-bond acceptors (Lipinski definition) is 12. The van der Waals surface area contributed by atoms with Gasteiger partial charge in [0.05, 0.1) is 16.2 Å². The fourth-order valence-corrected chi connectivity index (χ4v) is 1.77. The van der Waals surface area contributed by atoms with Crippen LogP contribution in [0.15, 0.2) is 0 Å². The Balaban J connectivity index is -0.000000285. The molecule has 0 bridgehead atoms. The largest absolute Gasteiger partial charge is 0.387 e. The van der Waals surface area contributed by atoms with Crippen LogP contribution in [0.25, 0.3) is 0 Å². The first kappa shape index (κ1) is 50.5. The van der Waals surface area contributed by atoms with Crippen molar-refractivity contribution < 1.29 is 93.0 Å². The normalized spacial score (nSPS) is 11.9. The minimum Gasteiger partial charge on any atom is -0.387 e.